The van der Waals surface area contributed by atoms with Gasteiger partial charge in [-0.25, -0.2) is 4.39 Å². The Hall–Kier alpha value is -1.49. The number of halogens is 2. The predicted molar refractivity (Wildman–Crippen MR) is 78.4 cm³/mol. The summed E-state index contributed by atoms with van der Waals surface area (Å²) in [5.74, 6) is 1.35. The first-order chi connectivity index (χ1) is 9.62. The van der Waals surface area contributed by atoms with Gasteiger partial charge in [-0.3, -0.25) is 0 Å². The molecule has 0 saturated carbocycles. The second-order valence-electron chi connectivity index (χ2n) is 4.24. The molecule has 1 aromatic heterocycles. The lowest BCUT2D eigenvalue weighted by molar-refractivity contribution is 0.351. The molecule has 0 aliphatic rings. The van der Waals surface area contributed by atoms with Crippen LogP contribution in [0.5, 0.6) is 11.5 Å². The lowest BCUT2D eigenvalue weighted by Gasteiger charge is -2.15. The third kappa shape index (κ3) is 2.68. The van der Waals surface area contributed by atoms with E-state index in [0.29, 0.717) is 17.1 Å². The molecular formula is C15H16BrFO3. The third-order valence-corrected chi connectivity index (χ3v) is 4.14. The van der Waals surface area contributed by atoms with E-state index in [-0.39, 0.29) is 10.6 Å². The number of benzene rings is 1. The Morgan fingerprint density at radius 3 is 2.45 bits per heavy atom. The van der Waals surface area contributed by atoms with E-state index in [2.05, 4.69) is 15.9 Å². The zero-order chi connectivity index (χ0) is 14.7. The fourth-order valence-electron chi connectivity index (χ4n) is 2.10. The molecule has 0 aliphatic heterocycles. The average Bonchev–Trinajstić information content (AvgIpc) is 2.94. The van der Waals surface area contributed by atoms with Crippen molar-refractivity contribution in [3.63, 3.8) is 0 Å². The Bertz CT molecular complexity index is 595. The molecule has 0 radical (unpaired) electrons. The molecule has 3 nitrogen and oxygen atoms in total. The third-order valence-electron chi connectivity index (χ3n) is 3.15. The van der Waals surface area contributed by atoms with E-state index in [1.165, 1.54) is 20.3 Å². The number of hydrogen-bond donors (Lipinski definition) is 0. The quantitative estimate of drug-likeness (QED) is 0.750. The molecule has 5 heteroatoms. The largest absolute Gasteiger partial charge is 0.493 e. The van der Waals surface area contributed by atoms with Crippen molar-refractivity contribution in [2.45, 2.75) is 18.2 Å². The lowest BCUT2D eigenvalue weighted by atomic mass is 10.0. The van der Waals surface area contributed by atoms with Crippen LogP contribution in [0.2, 0.25) is 0 Å². The first kappa shape index (κ1) is 14.9. The molecule has 1 atom stereocenters. The zero-order valence-electron chi connectivity index (χ0n) is 11.6. The van der Waals surface area contributed by atoms with E-state index in [9.17, 15) is 4.39 Å². The molecule has 108 valence electrons. The number of hydrogen-bond acceptors (Lipinski definition) is 3. The highest BCUT2D eigenvalue weighted by Crippen LogP contribution is 2.39. The minimum atomic E-state index is -0.354. The summed E-state index contributed by atoms with van der Waals surface area (Å²) in [7, 11) is 3.01. The molecule has 0 saturated heterocycles. The lowest BCUT2D eigenvalue weighted by Crippen LogP contribution is -2.01. The SMILES string of the molecule is CCc1occc1C(Br)c1cc(OC)c(OC)cc1F. The van der Waals surface area contributed by atoms with Gasteiger partial charge < -0.3 is 13.9 Å². The van der Waals surface area contributed by atoms with Gasteiger partial charge in [-0.15, -0.1) is 0 Å². The highest BCUT2D eigenvalue weighted by molar-refractivity contribution is 9.09. The maximum absolute atomic E-state index is 14.2. The molecule has 1 heterocycles. The van der Waals surface area contributed by atoms with E-state index < -0.39 is 0 Å². The summed E-state index contributed by atoms with van der Waals surface area (Å²) < 4.78 is 29.9. The molecule has 20 heavy (non-hydrogen) atoms. The fraction of sp³-hybridized carbons (Fsp3) is 0.333. The van der Waals surface area contributed by atoms with E-state index in [1.54, 1.807) is 12.3 Å². The van der Waals surface area contributed by atoms with Gasteiger partial charge in [-0.1, -0.05) is 22.9 Å². The number of methoxy groups -OCH3 is 2. The minimum absolute atomic E-state index is 0.295. The number of rotatable bonds is 5. The summed E-state index contributed by atoms with van der Waals surface area (Å²) in [4.78, 5) is -0.295. The van der Waals surface area contributed by atoms with Crippen LogP contribution in [0.1, 0.15) is 28.6 Å². The molecular weight excluding hydrogens is 327 g/mol. The Morgan fingerprint density at radius 2 is 1.85 bits per heavy atom. The van der Waals surface area contributed by atoms with Crippen molar-refractivity contribution < 1.29 is 18.3 Å². The monoisotopic (exact) mass is 342 g/mol. The van der Waals surface area contributed by atoms with Gasteiger partial charge in [0.1, 0.15) is 11.6 Å². The Balaban J connectivity index is 2.46. The average molecular weight is 343 g/mol. The maximum atomic E-state index is 14.2. The standard InChI is InChI=1S/C15H16BrFO3/c1-4-12-9(5-6-20-12)15(16)10-7-13(18-2)14(19-3)8-11(10)17/h5-8,15H,4H2,1-3H3. The summed E-state index contributed by atoms with van der Waals surface area (Å²) in [5, 5.41) is 0. The first-order valence-electron chi connectivity index (χ1n) is 6.24. The molecule has 0 N–H and O–H groups in total. The summed E-state index contributed by atoms with van der Waals surface area (Å²) in [6.07, 6.45) is 2.36. The molecule has 1 aromatic carbocycles. The number of alkyl halides is 1. The van der Waals surface area contributed by atoms with E-state index in [4.69, 9.17) is 13.9 Å². The Kier molecular flexibility index (Phi) is 4.70. The van der Waals surface area contributed by atoms with E-state index in [0.717, 1.165) is 17.7 Å². The topological polar surface area (TPSA) is 31.6 Å². The molecule has 1 unspecified atom stereocenters. The van der Waals surface area contributed by atoms with Crippen LogP contribution in [-0.4, -0.2) is 14.2 Å². The second kappa shape index (κ2) is 6.31. The van der Waals surface area contributed by atoms with Crippen LogP contribution in [0.15, 0.2) is 28.9 Å². The van der Waals surface area contributed by atoms with Crippen LogP contribution in [0.3, 0.4) is 0 Å². The van der Waals surface area contributed by atoms with Gasteiger partial charge in [0.25, 0.3) is 0 Å². The van der Waals surface area contributed by atoms with Crippen LogP contribution in [0, 0.1) is 5.82 Å². The highest BCUT2D eigenvalue weighted by atomic mass is 79.9. The highest BCUT2D eigenvalue weighted by Gasteiger charge is 2.22. The van der Waals surface area contributed by atoms with Crippen LogP contribution in [-0.2, 0) is 6.42 Å². The molecule has 0 aliphatic carbocycles. The summed E-state index contributed by atoms with van der Waals surface area (Å²) in [6, 6.07) is 4.81. The molecule has 2 aromatic rings. The zero-order valence-corrected chi connectivity index (χ0v) is 13.2. The minimum Gasteiger partial charge on any atom is -0.493 e. The molecule has 2 rings (SSSR count). The number of aryl methyl sites for hydroxylation is 1. The van der Waals surface area contributed by atoms with Crippen molar-refractivity contribution in [3.05, 3.63) is 47.2 Å². The van der Waals surface area contributed by atoms with Crippen molar-refractivity contribution >= 4 is 15.9 Å². The Labute approximate surface area is 125 Å². The van der Waals surface area contributed by atoms with Crippen molar-refractivity contribution in [2.24, 2.45) is 0 Å². The molecule has 0 amide bonds. The van der Waals surface area contributed by atoms with Gasteiger partial charge in [0, 0.05) is 23.6 Å². The van der Waals surface area contributed by atoms with Crippen LogP contribution in [0.25, 0.3) is 0 Å². The molecule has 0 bridgehead atoms. The van der Waals surface area contributed by atoms with Crippen LogP contribution >= 0.6 is 15.9 Å². The summed E-state index contributed by atoms with van der Waals surface area (Å²) in [6.45, 7) is 1.99. The number of furan rings is 1. The number of ether oxygens (including phenoxy) is 2. The van der Waals surface area contributed by atoms with Crippen molar-refractivity contribution in [1.82, 2.24) is 0 Å². The normalized spacial score (nSPS) is 12.2. The van der Waals surface area contributed by atoms with Gasteiger partial charge >= 0.3 is 0 Å². The first-order valence-corrected chi connectivity index (χ1v) is 7.15. The summed E-state index contributed by atoms with van der Waals surface area (Å²) >= 11 is 3.53. The second-order valence-corrected chi connectivity index (χ2v) is 5.16. The van der Waals surface area contributed by atoms with E-state index >= 15 is 0 Å². The van der Waals surface area contributed by atoms with E-state index in [1.807, 2.05) is 13.0 Å². The predicted octanol–water partition coefficient (Wildman–Crippen LogP) is 4.48. The maximum Gasteiger partial charge on any atom is 0.163 e. The Morgan fingerprint density at radius 1 is 1.20 bits per heavy atom. The van der Waals surface area contributed by atoms with Gasteiger partial charge in [0.2, 0.25) is 0 Å². The summed E-state index contributed by atoms with van der Waals surface area (Å²) in [5.41, 5.74) is 1.40. The van der Waals surface area contributed by atoms with Gasteiger partial charge in [0.15, 0.2) is 11.5 Å². The molecule has 0 spiro atoms. The van der Waals surface area contributed by atoms with Gasteiger partial charge in [0.05, 0.1) is 25.3 Å². The van der Waals surface area contributed by atoms with Crippen molar-refractivity contribution in [1.29, 1.82) is 0 Å². The van der Waals surface area contributed by atoms with Gasteiger partial charge in [-0.2, -0.15) is 0 Å². The van der Waals surface area contributed by atoms with Crippen molar-refractivity contribution in [3.8, 4) is 11.5 Å². The van der Waals surface area contributed by atoms with Crippen LogP contribution in [0.4, 0.5) is 4.39 Å². The van der Waals surface area contributed by atoms with Crippen molar-refractivity contribution in [2.75, 3.05) is 14.2 Å². The van der Waals surface area contributed by atoms with Crippen LogP contribution < -0.4 is 9.47 Å². The fourth-order valence-corrected chi connectivity index (χ4v) is 2.85. The van der Waals surface area contributed by atoms with Gasteiger partial charge in [-0.05, 0) is 12.1 Å². The molecule has 0 fully saturated rings. The smallest absolute Gasteiger partial charge is 0.163 e.